The van der Waals surface area contributed by atoms with Gasteiger partial charge in [0.2, 0.25) is 0 Å². The molecule has 0 spiro atoms. The third-order valence-electron chi connectivity index (χ3n) is 1.70. The molecule has 0 saturated carbocycles. The van der Waals surface area contributed by atoms with Crippen LogP contribution in [0, 0.1) is 0 Å². The Hall–Kier alpha value is -0.870. The fourth-order valence-electron chi connectivity index (χ4n) is 1.01. The summed E-state index contributed by atoms with van der Waals surface area (Å²) < 4.78 is 0. The molecule has 1 heterocycles. The quantitative estimate of drug-likeness (QED) is 0.748. The Morgan fingerprint density at radius 1 is 1.83 bits per heavy atom. The molecular weight excluding hydrogens is 174 g/mol. The van der Waals surface area contributed by atoms with E-state index < -0.39 is 11.5 Å². The van der Waals surface area contributed by atoms with E-state index in [1.807, 2.05) is 16.8 Å². The molecule has 0 aliphatic rings. The molecule has 3 nitrogen and oxygen atoms in total. The smallest absolute Gasteiger partial charge is 0.305 e. The van der Waals surface area contributed by atoms with Crippen molar-refractivity contribution in [1.82, 2.24) is 0 Å². The van der Waals surface area contributed by atoms with Crippen LogP contribution in [0.1, 0.15) is 18.9 Å². The van der Waals surface area contributed by atoms with Gasteiger partial charge in [0, 0.05) is 5.54 Å². The van der Waals surface area contributed by atoms with Crippen LogP contribution in [0.5, 0.6) is 0 Å². The maximum absolute atomic E-state index is 10.4. The van der Waals surface area contributed by atoms with Gasteiger partial charge >= 0.3 is 5.97 Å². The zero-order valence-electron chi connectivity index (χ0n) is 6.78. The standard InChI is InChI=1S/C8H11NO2S/c1-8(9,4-7(10)11)6-2-3-12-5-6/h2-3,5H,4,9H2,1H3,(H,10,11). The first-order valence-corrected chi connectivity index (χ1v) is 4.50. The Labute approximate surface area is 74.8 Å². The number of nitrogens with two attached hydrogens (primary N) is 1. The van der Waals surface area contributed by atoms with E-state index in [2.05, 4.69) is 0 Å². The van der Waals surface area contributed by atoms with E-state index in [1.165, 1.54) is 11.3 Å². The van der Waals surface area contributed by atoms with E-state index in [1.54, 1.807) is 6.92 Å². The molecule has 1 atom stereocenters. The number of carboxylic acids is 1. The number of rotatable bonds is 3. The fourth-order valence-corrected chi connectivity index (χ4v) is 1.80. The van der Waals surface area contributed by atoms with Crippen LogP contribution in [0.3, 0.4) is 0 Å². The van der Waals surface area contributed by atoms with Crippen molar-refractivity contribution in [2.24, 2.45) is 5.73 Å². The number of aliphatic carboxylic acids is 1. The number of carboxylic acid groups (broad SMARTS) is 1. The summed E-state index contributed by atoms with van der Waals surface area (Å²) in [5.74, 6) is -0.869. The molecule has 66 valence electrons. The molecule has 0 amide bonds. The summed E-state index contributed by atoms with van der Waals surface area (Å²) >= 11 is 1.52. The minimum absolute atomic E-state index is 0.0380. The number of thiophene rings is 1. The lowest BCUT2D eigenvalue weighted by atomic mass is 9.92. The molecule has 4 heteroatoms. The molecule has 0 aromatic carbocycles. The number of carbonyl (C=O) groups is 1. The predicted molar refractivity (Wildman–Crippen MR) is 48.1 cm³/mol. The second kappa shape index (κ2) is 3.25. The first kappa shape index (κ1) is 9.22. The van der Waals surface area contributed by atoms with Gasteiger partial charge in [-0.3, -0.25) is 4.79 Å². The first-order chi connectivity index (χ1) is 5.52. The summed E-state index contributed by atoms with van der Waals surface area (Å²) in [5, 5.41) is 12.3. The lowest BCUT2D eigenvalue weighted by Crippen LogP contribution is -2.35. The molecule has 1 rings (SSSR count). The summed E-state index contributed by atoms with van der Waals surface area (Å²) in [6.07, 6.45) is -0.0380. The second-order valence-electron chi connectivity index (χ2n) is 3.00. The highest BCUT2D eigenvalue weighted by molar-refractivity contribution is 7.08. The van der Waals surface area contributed by atoms with Gasteiger partial charge < -0.3 is 10.8 Å². The van der Waals surface area contributed by atoms with Crippen molar-refractivity contribution in [1.29, 1.82) is 0 Å². The zero-order valence-corrected chi connectivity index (χ0v) is 7.60. The minimum Gasteiger partial charge on any atom is -0.481 e. The second-order valence-corrected chi connectivity index (χ2v) is 3.78. The Bertz CT molecular complexity index is 267. The van der Waals surface area contributed by atoms with E-state index in [0.29, 0.717) is 0 Å². The summed E-state index contributed by atoms with van der Waals surface area (Å²) in [5.41, 5.74) is 5.95. The van der Waals surface area contributed by atoms with Gasteiger partial charge in [0.05, 0.1) is 6.42 Å². The zero-order chi connectivity index (χ0) is 9.19. The van der Waals surface area contributed by atoms with E-state index in [0.717, 1.165) is 5.56 Å². The van der Waals surface area contributed by atoms with Gasteiger partial charge in [0.25, 0.3) is 0 Å². The van der Waals surface area contributed by atoms with Crippen LogP contribution < -0.4 is 5.73 Å². The van der Waals surface area contributed by atoms with E-state index >= 15 is 0 Å². The number of hydrogen-bond donors (Lipinski definition) is 2. The SMILES string of the molecule is CC(N)(CC(=O)O)c1ccsc1. The van der Waals surface area contributed by atoms with Crippen molar-refractivity contribution < 1.29 is 9.90 Å². The summed E-state index contributed by atoms with van der Waals surface area (Å²) in [6.45, 7) is 1.73. The molecule has 0 aliphatic heterocycles. The average Bonchev–Trinajstić information content (AvgIpc) is 2.32. The molecule has 0 aliphatic carbocycles. The highest BCUT2D eigenvalue weighted by atomic mass is 32.1. The third-order valence-corrected chi connectivity index (χ3v) is 2.38. The Kier molecular flexibility index (Phi) is 2.49. The molecule has 1 aromatic heterocycles. The van der Waals surface area contributed by atoms with Crippen molar-refractivity contribution >= 4 is 17.3 Å². The topological polar surface area (TPSA) is 63.3 Å². The molecule has 0 fully saturated rings. The molecule has 0 saturated heterocycles. The van der Waals surface area contributed by atoms with Crippen molar-refractivity contribution in [3.8, 4) is 0 Å². The highest BCUT2D eigenvalue weighted by Gasteiger charge is 2.24. The summed E-state index contributed by atoms with van der Waals surface area (Å²) in [7, 11) is 0. The van der Waals surface area contributed by atoms with Crippen LogP contribution in [0.25, 0.3) is 0 Å². The fraction of sp³-hybridized carbons (Fsp3) is 0.375. The third kappa shape index (κ3) is 2.06. The summed E-state index contributed by atoms with van der Waals surface area (Å²) in [4.78, 5) is 10.4. The van der Waals surface area contributed by atoms with Crippen molar-refractivity contribution in [3.63, 3.8) is 0 Å². The van der Waals surface area contributed by atoms with E-state index in [4.69, 9.17) is 10.8 Å². The molecule has 1 unspecified atom stereocenters. The molecule has 1 aromatic rings. The van der Waals surface area contributed by atoms with E-state index in [9.17, 15) is 4.79 Å². The van der Waals surface area contributed by atoms with Crippen LogP contribution >= 0.6 is 11.3 Å². The van der Waals surface area contributed by atoms with Crippen LogP contribution in [-0.2, 0) is 10.3 Å². The maximum atomic E-state index is 10.4. The van der Waals surface area contributed by atoms with Crippen molar-refractivity contribution in [2.45, 2.75) is 18.9 Å². The van der Waals surface area contributed by atoms with Gasteiger partial charge in [-0.05, 0) is 29.3 Å². The van der Waals surface area contributed by atoms with Crippen LogP contribution in [0.2, 0.25) is 0 Å². The normalized spacial score (nSPS) is 15.5. The summed E-state index contributed by atoms with van der Waals surface area (Å²) in [6, 6.07) is 1.85. The lowest BCUT2D eigenvalue weighted by molar-refractivity contribution is -0.138. The van der Waals surface area contributed by atoms with Gasteiger partial charge in [-0.2, -0.15) is 11.3 Å². The average molecular weight is 185 g/mol. The van der Waals surface area contributed by atoms with E-state index in [-0.39, 0.29) is 6.42 Å². The molecule has 3 N–H and O–H groups in total. The maximum Gasteiger partial charge on any atom is 0.305 e. The van der Waals surface area contributed by atoms with Crippen molar-refractivity contribution in [3.05, 3.63) is 22.4 Å². The molecule has 0 radical (unpaired) electrons. The number of hydrogen-bond acceptors (Lipinski definition) is 3. The monoisotopic (exact) mass is 185 g/mol. The van der Waals surface area contributed by atoms with Gasteiger partial charge in [-0.15, -0.1) is 0 Å². The van der Waals surface area contributed by atoms with Gasteiger partial charge in [-0.1, -0.05) is 0 Å². The highest BCUT2D eigenvalue weighted by Crippen LogP contribution is 2.23. The van der Waals surface area contributed by atoms with Crippen LogP contribution in [0.4, 0.5) is 0 Å². The Morgan fingerprint density at radius 2 is 2.50 bits per heavy atom. The van der Waals surface area contributed by atoms with Crippen LogP contribution in [-0.4, -0.2) is 11.1 Å². The largest absolute Gasteiger partial charge is 0.481 e. The first-order valence-electron chi connectivity index (χ1n) is 3.56. The predicted octanol–water partition coefficient (Wildman–Crippen LogP) is 1.40. The van der Waals surface area contributed by atoms with Gasteiger partial charge in [0.1, 0.15) is 0 Å². The van der Waals surface area contributed by atoms with Crippen LogP contribution in [0.15, 0.2) is 16.8 Å². The Balaban J connectivity index is 2.79. The minimum atomic E-state index is -0.869. The van der Waals surface area contributed by atoms with Gasteiger partial charge in [0.15, 0.2) is 0 Å². The van der Waals surface area contributed by atoms with Gasteiger partial charge in [-0.25, -0.2) is 0 Å². The van der Waals surface area contributed by atoms with Crippen molar-refractivity contribution in [2.75, 3.05) is 0 Å². The molecule has 12 heavy (non-hydrogen) atoms. The lowest BCUT2D eigenvalue weighted by Gasteiger charge is -2.20. The molecule has 0 bridgehead atoms. The molecular formula is C8H11NO2S. The Morgan fingerprint density at radius 3 is 2.92 bits per heavy atom.